The van der Waals surface area contributed by atoms with Gasteiger partial charge in [-0.25, -0.2) is 0 Å². The molecule has 0 unspecified atom stereocenters. The summed E-state index contributed by atoms with van der Waals surface area (Å²) in [6, 6.07) is 17.6. The van der Waals surface area contributed by atoms with E-state index >= 15 is 0 Å². The molecule has 0 saturated heterocycles. The lowest BCUT2D eigenvalue weighted by Crippen LogP contribution is -2.31. The molecule has 0 aliphatic carbocycles. The average Bonchev–Trinajstić information content (AvgIpc) is 2.47. The van der Waals surface area contributed by atoms with Gasteiger partial charge in [0.05, 0.1) is 5.69 Å². The van der Waals surface area contributed by atoms with Gasteiger partial charge in [-0.15, -0.1) is 0 Å². The third kappa shape index (κ3) is 2.44. The van der Waals surface area contributed by atoms with Gasteiger partial charge in [-0.3, -0.25) is 4.90 Å². The molecule has 0 atom stereocenters. The lowest BCUT2D eigenvalue weighted by atomic mass is 10.2. The van der Waals surface area contributed by atoms with Crippen molar-refractivity contribution < 1.29 is 4.74 Å². The zero-order valence-corrected chi connectivity index (χ0v) is 10.9. The van der Waals surface area contributed by atoms with Crippen LogP contribution in [0.1, 0.15) is 0 Å². The SMILES string of the molecule is S=C(Nc1ccccc1)N1C=COc2ccccc21. The number of benzene rings is 2. The van der Waals surface area contributed by atoms with Crippen LogP contribution in [0.25, 0.3) is 0 Å². The van der Waals surface area contributed by atoms with Gasteiger partial charge >= 0.3 is 0 Å². The van der Waals surface area contributed by atoms with E-state index in [-0.39, 0.29) is 0 Å². The van der Waals surface area contributed by atoms with Crippen molar-refractivity contribution in [2.75, 3.05) is 10.2 Å². The zero-order valence-electron chi connectivity index (χ0n) is 10.1. The summed E-state index contributed by atoms with van der Waals surface area (Å²) >= 11 is 5.44. The Morgan fingerprint density at radius 1 is 1.00 bits per heavy atom. The zero-order chi connectivity index (χ0) is 13.1. The molecule has 1 aliphatic rings. The van der Waals surface area contributed by atoms with Crippen molar-refractivity contribution in [3.8, 4) is 5.75 Å². The van der Waals surface area contributed by atoms with E-state index in [0.717, 1.165) is 17.1 Å². The highest BCUT2D eigenvalue weighted by atomic mass is 32.1. The lowest BCUT2D eigenvalue weighted by molar-refractivity contribution is 0.474. The van der Waals surface area contributed by atoms with Crippen molar-refractivity contribution in [2.24, 2.45) is 0 Å². The van der Waals surface area contributed by atoms with Gasteiger partial charge in [0, 0.05) is 11.9 Å². The molecule has 1 aliphatic heterocycles. The topological polar surface area (TPSA) is 24.5 Å². The second kappa shape index (κ2) is 5.12. The van der Waals surface area contributed by atoms with E-state index in [1.54, 1.807) is 12.5 Å². The van der Waals surface area contributed by atoms with Gasteiger partial charge in [0.2, 0.25) is 0 Å². The maximum absolute atomic E-state index is 5.44. The van der Waals surface area contributed by atoms with Crippen molar-refractivity contribution in [1.29, 1.82) is 0 Å². The number of anilines is 2. The molecule has 0 amide bonds. The van der Waals surface area contributed by atoms with Gasteiger partial charge in [0.15, 0.2) is 10.9 Å². The molecule has 0 aromatic heterocycles. The summed E-state index contributed by atoms with van der Waals surface area (Å²) in [6.07, 6.45) is 3.43. The fourth-order valence-electron chi connectivity index (χ4n) is 1.88. The number of hydrogen-bond acceptors (Lipinski definition) is 2. The molecule has 2 aromatic rings. The largest absolute Gasteiger partial charge is 0.461 e. The van der Waals surface area contributed by atoms with Crippen LogP contribution in [0.3, 0.4) is 0 Å². The summed E-state index contributed by atoms with van der Waals surface area (Å²) in [6.45, 7) is 0. The highest BCUT2D eigenvalue weighted by Crippen LogP contribution is 2.31. The molecule has 3 rings (SSSR count). The van der Waals surface area contributed by atoms with Crippen LogP contribution < -0.4 is 15.0 Å². The Labute approximate surface area is 117 Å². The van der Waals surface area contributed by atoms with Gasteiger partial charge in [-0.2, -0.15) is 0 Å². The molecule has 19 heavy (non-hydrogen) atoms. The third-order valence-electron chi connectivity index (χ3n) is 2.77. The monoisotopic (exact) mass is 268 g/mol. The maximum atomic E-state index is 5.44. The maximum Gasteiger partial charge on any atom is 0.182 e. The van der Waals surface area contributed by atoms with E-state index in [2.05, 4.69) is 5.32 Å². The fraction of sp³-hybridized carbons (Fsp3) is 0. The summed E-state index contributed by atoms with van der Waals surface area (Å²) in [5.74, 6) is 0.794. The second-order valence-corrected chi connectivity index (χ2v) is 4.42. The minimum Gasteiger partial charge on any atom is -0.461 e. The number of fused-ring (bicyclic) bond motifs is 1. The molecule has 0 bridgehead atoms. The molecule has 1 heterocycles. The quantitative estimate of drug-likeness (QED) is 0.796. The van der Waals surface area contributed by atoms with Gasteiger partial charge in [-0.1, -0.05) is 30.3 Å². The van der Waals surface area contributed by atoms with Gasteiger partial charge in [-0.05, 0) is 36.5 Å². The van der Waals surface area contributed by atoms with E-state index < -0.39 is 0 Å². The number of rotatable bonds is 1. The van der Waals surface area contributed by atoms with Gasteiger partial charge < -0.3 is 10.1 Å². The van der Waals surface area contributed by atoms with E-state index in [0.29, 0.717) is 5.11 Å². The minimum absolute atomic E-state index is 0.609. The number of thiocarbonyl (C=S) groups is 1. The second-order valence-electron chi connectivity index (χ2n) is 4.04. The van der Waals surface area contributed by atoms with Crippen molar-refractivity contribution in [3.05, 3.63) is 67.1 Å². The number of para-hydroxylation sites is 3. The summed E-state index contributed by atoms with van der Waals surface area (Å²) in [5, 5.41) is 3.81. The summed E-state index contributed by atoms with van der Waals surface area (Å²) in [5.41, 5.74) is 1.89. The Kier molecular flexibility index (Phi) is 3.16. The molecule has 0 spiro atoms. The van der Waals surface area contributed by atoms with Crippen LogP contribution in [0, 0.1) is 0 Å². The van der Waals surface area contributed by atoms with Crippen LogP contribution in [0.4, 0.5) is 11.4 Å². The Bertz CT molecular complexity index is 625. The lowest BCUT2D eigenvalue weighted by Gasteiger charge is -2.26. The molecule has 4 heteroatoms. The highest BCUT2D eigenvalue weighted by Gasteiger charge is 2.17. The van der Waals surface area contributed by atoms with Crippen molar-refractivity contribution in [3.63, 3.8) is 0 Å². The first-order valence-corrected chi connectivity index (χ1v) is 6.33. The van der Waals surface area contributed by atoms with Crippen LogP contribution in [0.2, 0.25) is 0 Å². The molecule has 3 nitrogen and oxygen atoms in total. The molecule has 0 radical (unpaired) electrons. The highest BCUT2D eigenvalue weighted by molar-refractivity contribution is 7.80. The van der Waals surface area contributed by atoms with Crippen LogP contribution in [0.15, 0.2) is 67.1 Å². The Morgan fingerprint density at radius 3 is 2.58 bits per heavy atom. The van der Waals surface area contributed by atoms with Crippen LogP contribution in [0.5, 0.6) is 5.75 Å². The van der Waals surface area contributed by atoms with Gasteiger partial charge in [0.1, 0.15) is 6.26 Å². The molecule has 2 aromatic carbocycles. The summed E-state index contributed by atoms with van der Waals surface area (Å²) in [7, 11) is 0. The molecule has 0 saturated carbocycles. The van der Waals surface area contributed by atoms with E-state index in [1.807, 2.05) is 59.5 Å². The molecule has 94 valence electrons. The summed E-state index contributed by atoms with van der Waals surface area (Å²) in [4.78, 5) is 1.89. The van der Waals surface area contributed by atoms with E-state index in [1.165, 1.54) is 0 Å². The Hall–Kier alpha value is -2.33. The first-order valence-electron chi connectivity index (χ1n) is 5.92. The summed E-state index contributed by atoms with van der Waals surface area (Å²) < 4.78 is 5.44. The molecular formula is C15H12N2OS. The van der Waals surface area contributed by atoms with Crippen molar-refractivity contribution in [2.45, 2.75) is 0 Å². The Balaban J connectivity index is 1.84. The smallest absolute Gasteiger partial charge is 0.182 e. The van der Waals surface area contributed by atoms with Gasteiger partial charge in [0.25, 0.3) is 0 Å². The number of nitrogens with one attached hydrogen (secondary N) is 1. The van der Waals surface area contributed by atoms with E-state index in [9.17, 15) is 0 Å². The molecule has 0 fully saturated rings. The first kappa shape index (κ1) is 11.7. The normalized spacial score (nSPS) is 12.5. The number of hydrogen-bond donors (Lipinski definition) is 1. The fourth-order valence-corrected chi connectivity index (χ4v) is 2.16. The van der Waals surface area contributed by atoms with Crippen LogP contribution in [-0.4, -0.2) is 5.11 Å². The third-order valence-corrected chi connectivity index (χ3v) is 3.07. The minimum atomic E-state index is 0.609. The predicted octanol–water partition coefficient (Wildman–Crippen LogP) is 3.75. The van der Waals surface area contributed by atoms with Crippen molar-refractivity contribution in [1.82, 2.24) is 0 Å². The van der Waals surface area contributed by atoms with Crippen LogP contribution >= 0.6 is 12.2 Å². The first-order chi connectivity index (χ1) is 9.34. The van der Waals surface area contributed by atoms with Crippen LogP contribution in [-0.2, 0) is 0 Å². The van der Waals surface area contributed by atoms with E-state index in [4.69, 9.17) is 17.0 Å². The molecular weight excluding hydrogens is 256 g/mol. The van der Waals surface area contributed by atoms with Crippen molar-refractivity contribution >= 4 is 28.7 Å². The molecule has 1 N–H and O–H groups in total. The standard InChI is InChI=1S/C15H12N2OS/c19-15(16-12-6-2-1-3-7-12)17-10-11-18-14-9-5-4-8-13(14)17/h1-11H,(H,16,19). The number of nitrogens with zero attached hydrogens (tertiary/aromatic N) is 1. The number of ether oxygens (including phenoxy) is 1. The Morgan fingerprint density at radius 2 is 1.74 bits per heavy atom. The predicted molar refractivity (Wildman–Crippen MR) is 81.4 cm³/mol. The average molecular weight is 268 g/mol.